The molecule has 0 spiro atoms. The molecule has 0 saturated heterocycles. The van der Waals surface area contributed by atoms with Crippen molar-refractivity contribution in [1.29, 1.82) is 0 Å². The molecule has 6 rings (SSSR count). The lowest BCUT2D eigenvalue weighted by Gasteiger charge is -2.57. The summed E-state index contributed by atoms with van der Waals surface area (Å²) in [6.07, 6.45) is 13.0. The first kappa shape index (κ1) is 20.2. The van der Waals surface area contributed by atoms with Crippen LogP contribution in [0.5, 0.6) is 0 Å². The smallest absolute Gasteiger partial charge is 0.113 e. The second-order valence-corrected chi connectivity index (χ2v) is 12.1. The Morgan fingerprint density at radius 1 is 0.903 bits per heavy atom. The van der Waals surface area contributed by atoms with E-state index < -0.39 is 5.60 Å². The van der Waals surface area contributed by atoms with Crippen molar-refractivity contribution < 1.29 is 5.11 Å². The van der Waals surface area contributed by atoms with Crippen molar-refractivity contribution in [2.45, 2.75) is 90.2 Å². The lowest BCUT2D eigenvalue weighted by Crippen LogP contribution is -2.50. The molecule has 4 heteroatoms. The number of nitrogens with zero attached hydrogens (tertiary/aromatic N) is 3. The molecule has 4 saturated carbocycles. The van der Waals surface area contributed by atoms with Gasteiger partial charge in [0.15, 0.2) is 0 Å². The third-order valence-corrected chi connectivity index (χ3v) is 10.4. The van der Waals surface area contributed by atoms with E-state index in [4.69, 9.17) is 10.2 Å². The van der Waals surface area contributed by atoms with E-state index in [9.17, 15) is 5.11 Å². The van der Waals surface area contributed by atoms with Crippen molar-refractivity contribution in [2.24, 2.45) is 40.9 Å². The standard InChI is InChI=1S/C27H39N3O/c1-26(31)14-11-20-18(17-26)7-9-22-21(20)12-15-27(2)19(8-10-23(22)27)13-16-30-28-24-5-3-4-6-25(24)29-30/h3-6,18-23,31H,7-17H2,1-2H3/t18-,19+,20-,21+,22+,23-,26+,27?/m0/s1. The highest BCUT2D eigenvalue weighted by atomic mass is 16.3. The topological polar surface area (TPSA) is 50.9 Å². The van der Waals surface area contributed by atoms with Crippen LogP contribution in [-0.4, -0.2) is 25.7 Å². The number of fused-ring (bicyclic) bond motifs is 6. The van der Waals surface area contributed by atoms with Crippen LogP contribution in [0.2, 0.25) is 0 Å². The van der Waals surface area contributed by atoms with E-state index >= 15 is 0 Å². The maximum Gasteiger partial charge on any atom is 0.113 e. The lowest BCUT2D eigenvalue weighted by atomic mass is 9.49. The Bertz CT molecular complexity index is 918. The van der Waals surface area contributed by atoms with E-state index in [2.05, 4.69) is 26.0 Å². The van der Waals surface area contributed by atoms with Gasteiger partial charge in [0.05, 0.1) is 12.1 Å². The lowest BCUT2D eigenvalue weighted by molar-refractivity contribution is -0.100. The van der Waals surface area contributed by atoms with Gasteiger partial charge < -0.3 is 5.11 Å². The van der Waals surface area contributed by atoms with Crippen LogP contribution in [-0.2, 0) is 6.54 Å². The number of aryl methyl sites for hydroxylation is 1. The molecular weight excluding hydrogens is 382 g/mol. The van der Waals surface area contributed by atoms with Crippen LogP contribution in [0.25, 0.3) is 11.0 Å². The van der Waals surface area contributed by atoms with Gasteiger partial charge in [-0.15, -0.1) is 0 Å². The second kappa shape index (κ2) is 7.30. The van der Waals surface area contributed by atoms with Crippen LogP contribution >= 0.6 is 0 Å². The zero-order chi connectivity index (χ0) is 21.2. The van der Waals surface area contributed by atoms with Gasteiger partial charge in [-0.3, -0.25) is 0 Å². The number of aliphatic hydroxyl groups is 1. The molecule has 4 nitrogen and oxygen atoms in total. The summed E-state index contributed by atoms with van der Waals surface area (Å²) >= 11 is 0. The maximum absolute atomic E-state index is 10.6. The van der Waals surface area contributed by atoms with E-state index in [1.807, 2.05) is 16.9 Å². The van der Waals surface area contributed by atoms with Crippen LogP contribution in [0, 0.1) is 40.9 Å². The quantitative estimate of drug-likeness (QED) is 0.677. The molecule has 168 valence electrons. The molecule has 2 aromatic rings. The highest BCUT2D eigenvalue weighted by Crippen LogP contribution is 2.65. The number of hydrogen-bond donors (Lipinski definition) is 1. The van der Waals surface area contributed by atoms with Gasteiger partial charge in [-0.1, -0.05) is 19.1 Å². The maximum atomic E-state index is 10.6. The first-order chi connectivity index (χ1) is 14.9. The van der Waals surface area contributed by atoms with Gasteiger partial charge in [-0.2, -0.15) is 15.0 Å². The summed E-state index contributed by atoms with van der Waals surface area (Å²) in [5.74, 6) is 5.29. The molecule has 0 bridgehead atoms. The van der Waals surface area contributed by atoms with E-state index in [-0.39, 0.29) is 0 Å². The number of hydrogen-bond acceptors (Lipinski definition) is 3. The summed E-state index contributed by atoms with van der Waals surface area (Å²) in [6.45, 7) is 5.66. The molecule has 0 radical (unpaired) electrons. The van der Waals surface area contributed by atoms with E-state index in [1.165, 1.54) is 51.4 Å². The van der Waals surface area contributed by atoms with Crippen molar-refractivity contribution >= 4 is 11.0 Å². The van der Waals surface area contributed by atoms with Crippen molar-refractivity contribution in [2.75, 3.05) is 0 Å². The summed E-state index contributed by atoms with van der Waals surface area (Å²) < 4.78 is 0. The summed E-state index contributed by atoms with van der Waals surface area (Å²) in [5, 5.41) is 20.0. The van der Waals surface area contributed by atoms with Crippen LogP contribution in [0.3, 0.4) is 0 Å². The van der Waals surface area contributed by atoms with Gasteiger partial charge in [0.25, 0.3) is 0 Å². The molecule has 0 aliphatic heterocycles. The molecule has 0 amide bonds. The molecule has 4 fully saturated rings. The Morgan fingerprint density at radius 3 is 2.42 bits per heavy atom. The third kappa shape index (κ3) is 3.35. The minimum Gasteiger partial charge on any atom is -0.390 e. The van der Waals surface area contributed by atoms with Crippen molar-refractivity contribution in [1.82, 2.24) is 15.0 Å². The fourth-order valence-corrected chi connectivity index (χ4v) is 8.94. The summed E-state index contributed by atoms with van der Waals surface area (Å²) in [4.78, 5) is 1.95. The predicted octanol–water partition coefficient (Wildman–Crippen LogP) is 5.84. The molecule has 4 aliphatic carbocycles. The minimum atomic E-state index is -0.402. The molecule has 1 aromatic heterocycles. The molecule has 1 heterocycles. The van der Waals surface area contributed by atoms with Gasteiger partial charge in [0.2, 0.25) is 0 Å². The first-order valence-corrected chi connectivity index (χ1v) is 13.0. The van der Waals surface area contributed by atoms with Crippen LogP contribution in [0.15, 0.2) is 24.3 Å². The SMILES string of the molecule is CC12CC[C@H]3[C@@H](CC[C@H]4C[C@](C)(O)CC[C@@H]43)[C@@H]1CC[C@@H]2CCn1nc2ccccc2n1. The molecule has 1 aromatic carbocycles. The Labute approximate surface area is 186 Å². The second-order valence-electron chi connectivity index (χ2n) is 12.1. The van der Waals surface area contributed by atoms with Gasteiger partial charge in [0, 0.05) is 0 Å². The van der Waals surface area contributed by atoms with Gasteiger partial charge in [0.1, 0.15) is 11.0 Å². The van der Waals surface area contributed by atoms with Crippen LogP contribution in [0.4, 0.5) is 0 Å². The number of rotatable bonds is 3. The largest absolute Gasteiger partial charge is 0.390 e. The monoisotopic (exact) mass is 421 g/mol. The van der Waals surface area contributed by atoms with Gasteiger partial charge in [-0.25, -0.2) is 0 Å². The van der Waals surface area contributed by atoms with Crippen molar-refractivity contribution in [3.63, 3.8) is 0 Å². The molecule has 8 atom stereocenters. The zero-order valence-electron chi connectivity index (χ0n) is 19.3. The Kier molecular flexibility index (Phi) is 4.76. The van der Waals surface area contributed by atoms with E-state index in [1.54, 1.807) is 0 Å². The average Bonchev–Trinajstić information content (AvgIpc) is 3.31. The van der Waals surface area contributed by atoms with Gasteiger partial charge in [-0.05, 0) is 124 Å². The van der Waals surface area contributed by atoms with E-state index in [0.717, 1.165) is 65.9 Å². The van der Waals surface area contributed by atoms with Crippen molar-refractivity contribution in [3.05, 3.63) is 24.3 Å². The zero-order valence-corrected chi connectivity index (χ0v) is 19.3. The van der Waals surface area contributed by atoms with Crippen LogP contribution in [0.1, 0.15) is 78.1 Å². The first-order valence-electron chi connectivity index (χ1n) is 13.0. The number of benzene rings is 1. The molecular formula is C27H39N3O. The van der Waals surface area contributed by atoms with Crippen molar-refractivity contribution in [3.8, 4) is 0 Å². The molecule has 1 unspecified atom stereocenters. The van der Waals surface area contributed by atoms with Gasteiger partial charge >= 0.3 is 0 Å². The summed E-state index contributed by atoms with van der Waals surface area (Å²) in [5.41, 5.74) is 2.14. The normalized spacial score (nSPS) is 44.6. The highest BCUT2D eigenvalue weighted by Gasteiger charge is 2.57. The Balaban J connectivity index is 1.15. The highest BCUT2D eigenvalue weighted by molar-refractivity contribution is 5.72. The molecule has 1 N–H and O–H groups in total. The average molecular weight is 422 g/mol. The van der Waals surface area contributed by atoms with Crippen LogP contribution < -0.4 is 0 Å². The summed E-state index contributed by atoms with van der Waals surface area (Å²) in [6, 6.07) is 8.22. The van der Waals surface area contributed by atoms with E-state index in [0.29, 0.717) is 5.41 Å². The minimum absolute atomic E-state index is 0.402. The molecule has 31 heavy (non-hydrogen) atoms. The summed E-state index contributed by atoms with van der Waals surface area (Å²) in [7, 11) is 0. The Hall–Kier alpha value is -1.42. The fourth-order valence-electron chi connectivity index (χ4n) is 8.94. The Morgan fingerprint density at radius 2 is 1.65 bits per heavy atom. The third-order valence-electron chi connectivity index (χ3n) is 10.4. The predicted molar refractivity (Wildman–Crippen MR) is 123 cm³/mol. The number of aromatic nitrogens is 3. The fraction of sp³-hybridized carbons (Fsp3) is 0.778. The molecule has 4 aliphatic rings.